The third-order valence-electron chi connectivity index (χ3n) is 2.30. The highest BCUT2D eigenvalue weighted by Crippen LogP contribution is 2.25. The van der Waals surface area contributed by atoms with Crippen LogP contribution in [0, 0.1) is 0 Å². The van der Waals surface area contributed by atoms with Crippen LogP contribution in [-0.4, -0.2) is 50.7 Å². The lowest BCUT2D eigenvalue weighted by Crippen LogP contribution is -2.27. The fourth-order valence-corrected chi connectivity index (χ4v) is 2.05. The van der Waals surface area contributed by atoms with E-state index in [1.54, 1.807) is 18.2 Å². The van der Waals surface area contributed by atoms with Crippen LogP contribution >= 0.6 is 0 Å². The van der Waals surface area contributed by atoms with Crippen LogP contribution in [0.4, 0.5) is 5.69 Å². The lowest BCUT2D eigenvalue weighted by Gasteiger charge is -2.13. The summed E-state index contributed by atoms with van der Waals surface area (Å²) in [4.78, 5) is 0. The molecule has 0 amide bonds. The summed E-state index contributed by atoms with van der Waals surface area (Å²) in [5, 5.41) is 12.3. The van der Waals surface area contributed by atoms with Gasteiger partial charge in [0, 0.05) is 30.4 Å². The van der Waals surface area contributed by atoms with E-state index < -0.39 is 22.0 Å². The maximum atomic E-state index is 10.6. The van der Waals surface area contributed by atoms with Crippen molar-refractivity contribution in [2.45, 2.75) is 6.10 Å². The molecule has 0 radical (unpaired) electrons. The van der Waals surface area contributed by atoms with Gasteiger partial charge in [0.2, 0.25) is 0 Å². The van der Waals surface area contributed by atoms with E-state index in [0.717, 1.165) is 0 Å². The summed E-state index contributed by atoms with van der Waals surface area (Å²) < 4.78 is 39.9. The predicted octanol–water partition coefficient (Wildman–Crippen LogP) is 0.364. The summed E-state index contributed by atoms with van der Waals surface area (Å²) >= 11 is 0. The zero-order valence-electron chi connectivity index (χ0n) is 10.7. The van der Waals surface area contributed by atoms with Crippen LogP contribution in [0.25, 0.3) is 0 Å². The normalized spacial score (nSPS) is 12.8. The Morgan fingerprint density at radius 3 is 2.16 bits per heavy atom. The van der Waals surface area contributed by atoms with Crippen LogP contribution in [0.1, 0.15) is 0 Å². The second-order valence-corrected chi connectivity index (χ2v) is 5.38. The molecule has 0 aliphatic rings. The van der Waals surface area contributed by atoms with E-state index >= 15 is 0 Å². The minimum atomic E-state index is -4.19. The molecule has 108 valence electrons. The molecule has 0 fully saturated rings. The molecule has 1 rings (SSSR count). The summed E-state index contributed by atoms with van der Waals surface area (Å²) in [5.41, 5.74) is 0.602. The number of ether oxygens (including phenoxy) is 2. The average molecular weight is 291 g/mol. The van der Waals surface area contributed by atoms with Crippen molar-refractivity contribution >= 4 is 15.8 Å². The van der Waals surface area contributed by atoms with Crippen LogP contribution in [0.3, 0.4) is 0 Å². The molecule has 8 heteroatoms. The Morgan fingerprint density at radius 1 is 1.21 bits per heavy atom. The summed E-state index contributed by atoms with van der Waals surface area (Å²) in [7, 11) is -1.18. The minimum absolute atomic E-state index is 0.0316. The highest BCUT2D eigenvalue weighted by Gasteiger charge is 2.14. The zero-order valence-corrected chi connectivity index (χ0v) is 11.5. The van der Waals surface area contributed by atoms with Gasteiger partial charge in [-0.15, -0.1) is 0 Å². The van der Waals surface area contributed by atoms with Gasteiger partial charge < -0.3 is 19.9 Å². The smallest absolute Gasteiger partial charge is 0.267 e. The number of benzene rings is 1. The van der Waals surface area contributed by atoms with Crippen molar-refractivity contribution in [2.75, 3.05) is 31.8 Å². The molecule has 0 heterocycles. The van der Waals surface area contributed by atoms with Gasteiger partial charge in [-0.3, -0.25) is 4.55 Å². The van der Waals surface area contributed by atoms with Gasteiger partial charge in [-0.1, -0.05) is 0 Å². The van der Waals surface area contributed by atoms with E-state index in [1.807, 2.05) is 0 Å². The number of rotatable bonds is 7. The van der Waals surface area contributed by atoms with Crippen molar-refractivity contribution in [1.82, 2.24) is 0 Å². The quantitative estimate of drug-likeness (QED) is 0.623. The van der Waals surface area contributed by atoms with Gasteiger partial charge in [0.25, 0.3) is 10.1 Å². The average Bonchev–Trinajstić information content (AvgIpc) is 2.33. The predicted molar refractivity (Wildman–Crippen MR) is 70.5 cm³/mol. The van der Waals surface area contributed by atoms with E-state index in [-0.39, 0.29) is 6.54 Å². The standard InChI is InChI=1S/C11H17NO6S/c1-17-10-3-8(4-11(5-10)18-2)12-6-9(13)7-19(14,15)16/h3-5,9,12-13H,6-7H2,1-2H3,(H,14,15,16). The molecule has 0 saturated carbocycles. The fraction of sp³-hybridized carbons (Fsp3) is 0.455. The Balaban J connectivity index is 2.66. The molecule has 1 aromatic rings. The van der Waals surface area contributed by atoms with Crippen molar-refractivity contribution in [2.24, 2.45) is 0 Å². The third kappa shape index (κ3) is 5.77. The monoisotopic (exact) mass is 291 g/mol. The highest BCUT2D eigenvalue weighted by atomic mass is 32.2. The van der Waals surface area contributed by atoms with Crippen LogP contribution in [0.2, 0.25) is 0 Å². The first-order valence-corrected chi connectivity index (χ1v) is 7.05. The van der Waals surface area contributed by atoms with E-state index in [0.29, 0.717) is 17.2 Å². The van der Waals surface area contributed by atoms with Crippen molar-refractivity contribution in [1.29, 1.82) is 0 Å². The van der Waals surface area contributed by atoms with Crippen molar-refractivity contribution < 1.29 is 27.6 Å². The molecule has 1 unspecified atom stereocenters. The van der Waals surface area contributed by atoms with E-state index in [9.17, 15) is 13.5 Å². The first-order valence-electron chi connectivity index (χ1n) is 5.44. The first-order chi connectivity index (χ1) is 8.84. The molecular weight excluding hydrogens is 274 g/mol. The molecule has 0 aromatic heterocycles. The molecule has 3 N–H and O–H groups in total. The lowest BCUT2D eigenvalue weighted by molar-refractivity contribution is 0.208. The molecule has 1 aromatic carbocycles. The first kappa shape index (κ1) is 15.5. The van der Waals surface area contributed by atoms with Gasteiger partial charge in [-0.2, -0.15) is 8.42 Å². The summed E-state index contributed by atoms with van der Waals surface area (Å²) in [6.07, 6.45) is -1.22. The number of hydrogen-bond donors (Lipinski definition) is 3. The van der Waals surface area contributed by atoms with Crippen LogP contribution in [0.15, 0.2) is 18.2 Å². The number of methoxy groups -OCH3 is 2. The molecule has 0 spiro atoms. The van der Waals surface area contributed by atoms with Crippen LogP contribution in [-0.2, 0) is 10.1 Å². The SMILES string of the molecule is COc1cc(NCC(O)CS(=O)(=O)O)cc(OC)c1. The molecule has 0 aliphatic heterocycles. The number of hydrogen-bond acceptors (Lipinski definition) is 6. The number of aliphatic hydroxyl groups is 1. The van der Waals surface area contributed by atoms with Crippen molar-refractivity contribution in [3.05, 3.63) is 18.2 Å². The third-order valence-corrected chi connectivity index (χ3v) is 3.10. The van der Waals surface area contributed by atoms with E-state index in [1.165, 1.54) is 14.2 Å². The highest BCUT2D eigenvalue weighted by molar-refractivity contribution is 7.85. The van der Waals surface area contributed by atoms with E-state index in [4.69, 9.17) is 14.0 Å². The van der Waals surface area contributed by atoms with Crippen LogP contribution in [0.5, 0.6) is 11.5 Å². The fourth-order valence-electron chi connectivity index (χ4n) is 1.45. The van der Waals surface area contributed by atoms with Crippen molar-refractivity contribution in [3.8, 4) is 11.5 Å². The van der Waals surface area contributed by atoms with Crippen molar-refractivity contribution in [3.63, 3.8) is 0 Å². The molecule has 0 aliphatic carbocycles. The topological polar surface area (TPSA) is 105 Å². The van der Waals surface area contributed by atoms with Gasteiger partial charge in [0.05, 0.1) is 20.3 Å². The molecule has 0 bridgehead atoms. The van der Waals surface area contributed by atoms with Gasteiger partial charge in [-0.05, 0) is 0 Å². The second kappa shape index (κ2) is 6.60. The molecule has 1 atom stereocenters. The van der Waals surface area contributed by atoms with Gasteiger partial charge >= 0.3 is 0 Å². The zero-order chi connectivity index (χ0) is 14.5. The van der Waals surface area contributed by atoms with Gasteiger partial charge in [0.15, 0.2) is 0 Å². The summed E-state index contributed by atoms with van der Waals surface area (Å²) in [6.45, 7) is -0.0316. The van der Waals surface area contributed by atoms with Gasteiger partial charge in [-0.25, -0.2) is 0 Å². The maximum absolute atomic E-state index is 10.6. The Hall–Kier alpha value is -1.51. The lowest BCUT2D eigenvalue weighted by atomic mass is 10.2. The second-order valence-electron chi connectivity index (χ2n) is 3.88. The summed E-state index contributed by atoms with van der Waals surface area (Å²) in [5.74, 6) is 0.401. The molecular formula is C11H17NO6S. The Bertz CT molecular complexity index is 494. The van der Waals surface area contributed by atoms with E-state index in [2.05, 4.69) is 5.32 Å². The molecule has 0 saturated heterocycles. The molecule has 7 nitrogen and oxygen atoms in total. The maximum Gasteiger partial charge on any atom is 0.267 e. The number of aliphatic hydroxyl groups excluding tert-OH is 1. The molecule has 19 heavy (non-hydrogen) atoms. The minimum Gasteiger partial charge on any atom is -0.497 e. The Kier molecular flexibility index (Phi) is 5.40. The Labute approximate surface area is 111 Å². The van der Waals surface area contributed by atoms with Gasteiger partial charge in [0.1, 0.15) is 17.3 Å². The summed E-state index contributed by atoms with van der Waals surface area (Å²) in [6, 6.07) is 5.02. The number of nitrogens with one attached hydrogen (secondary N) is 1. The van der Waals surface area contributed by atoms with Crippen LogP contribution < -0.4 is 14.8 Å². The largest absolute Gasteiger partial charge is 0.497 e. The Morgan fingerprint density at radius 2 is 1.74 bits per heavy atom. The number of anilines is 1.